The molecular formula is C48H65N3O7S2. The lowest BCUT2D eigenvalue weighted by atomic mass is 9.52. The second-order valence-corrected chi connectivity index (χ2v) is 20.1. The van der Waals surface area contributed by atoms with Gasteiger partial charge in [-0.2, -0.15) is 0 Å². The Morgan fingerprint density at radius 2 is 2.03 bits per heavy atom. The van der Waals surface area contributed by atoms with Gasteiger partial charge in [0.2, 0.25) is 5.91 Å². The average molecular weight is 860 g/mol. The smallest absolute Gasteiger partial charge is 0.243 e. The van der Waals surface area contributed by atoms with E-state index >= 15 is 0 Å². The van der Waals surface area contributed by atoms with Crippen molar-refractivity contribution in [1.29, 1.82) is 0 Å². The fourth-order valence-corrected chi connectivity index (χ4v) is 12.4. The van der Waals surface area contributed by atoms with Crippen molar-refractivity contribution < 1.29 is 34.8 Å². The number of fused-ring (bicyclic) bond motifs is 4. The first-order valence-electron chi connectivity index (χ1n) is 21.7. The predicted octanol–water partition coefficient (Wildman–Crippen LogP) is 6.23. The minimum Gasteiger partial charge on any atom is -0.396 e. The van der Waals surface area contributed by atoms with E-state index in [0.29, 0.717) is 60.8 Å². The molecule has 1 spiro atoms. The first-order valence-corrected chi connectivity index (χ1v) is 24.2. The number of amides is 1. The fraction of sp³-hybridized carbons (Fsp3) is 0.583. The molecule has 326 valence electrons. The van der Waals surface area contributed by atoms with Gasteiger partial charge < -0.3 is 36.2 Å². The molecule has 12 heteroatoms. The Kier molecular flexibility index (Phi) is 16.2. The van der Waals surface area contributed by atoms with E-state index in [9.17, 15) is 30.0 Å². The number of benzene rings is 1. The number of ether oxygens (including phenoxy) is 1. The molecular weight excluding hydrogens is 795 g/mol. The summed E-state index contributed by atoms with van der Waals surface area (Å²) in [4.78, 5) is 27.7. The lowest BCUT2D eigenvalue weighted by Crippen LogP contribution is -2.59. The summed E-state index contributed by atoms with van der Waals surface area (Å²) in [7, 11) is 3.63. The molecule has 2 saturated carbocycles. The number of hydrogen-bond donors (Lipinski definition) is 7. The molecule has 2 bridgehead atoms. The van der Waals surface area contributed by atoms with Crippen LogP contribution < -0.4 is 16.4 Å². The summed E-state index contributed by atoms with van der Waals surface area (Å²) in [6.45, 7) is 10.0. The van der Waals surface area contributed by atoms with E-state index < -0.39 is 35.4 Å². The second-order valence-electron chi connectivity index (χ2n) is 17.5. The Morgan fingerprint density at radius 3 is 2.82 bits per heavy atom. The number of carbonyl (C=O) groups is 2. The number of nitrogens with one attached hydrogen (secondary N) is 2. The molecule has 3 aliphatic heterocycles. The number of aliphatic hydroxyl groups excluding tert-OH is 3. The quantitative estimate of drug-likeness (QED) is 0.0616. The van der Waals surface area contributed by atoms with Crippen LogP contribution in [0.2, 0.25) is 0 Å². The molecule has 2 aliphatic carbocycles. The molecule has 0 aromatic heterocycles. The van der Waals surface area contributed by atoms with E-state index in [1.54, 1.807) is 17.7 Å². The third kappa shape index (κ3) is 10.4. The van der Waals surface area contributed by atoms with Crippen molar-refractivity contribution in [2.75, 3.05) is 31.3 Å². The Hall–Kier alpha value is -2.96. The zero-order valence-electron chi connectivity index (χ0n) is 35.5. The molecule has 6 rings (SSSR count). The van der Waals surface area contributed by atoms with Crippen molar-refractivity contribution in [2.24, 2.45) is 23.0 Å². The van der Waals surface area contributed by atoms with Gasteiger partial charge in [0.05, 0.1) is 24.4 Å². The Balaban J connectivity index is 1.33. The topological polar surface area (TPSA) is 174 Å². The highest BCUT2D eigenvalue weighted by atomic mass is 33.1. The second kappa shape index (κ2) is 20.9. The van der Waals surface area contributed by atoms with E-state index in [-0.39, 0.29) is 55.8 Å². The zero-order valence-corrected chi connectivity index (χ0v) is 37.1. The maximum absolute atomic E-state index is 14.5. The summed E-state index contributed by atoms with van der Waals surface area (Å²) in [5, 5.41) is 51.4. The number of ketones is 1. The van der Waals surface area contributed by atoms with Gasteiger partial charge in [-0.15, -0.1) is 0 Å². The third-order valence-electron chi connectivity index (χ3n) is 13.5. The number of Topliss-reactive ketones (excluding diaryl/α,β-unsaturated/α-hetero) is 1. The molecule has 60 heavy (non-hydrogen) atoms. The highest BCUT2D eigenvalue weighted by molar-refractivity contribution is 8.76. The molecule has 1 aromatic rings. The van der Waals surface area contributed by atoms with Crippen LogP contribution in [0.1, 0.15) is 114 Å². The number of hydrogen-bond acceptors (Lipinski definition) is 11. The normalized spacial score (nSPS) is 35.1. The van der Waals surface area contributed by atoms with Gasteiger partial charge in [-0.05, 0) is 112 Å². The SMILES string of the molecule is C=C1/C=C/C=C(\[C@H]2CC[C@@]3([C@H](CCCO)/C(=C(\C)C(=O)Cc4cccc5c4[C@H](NC[C@H](C)O)C(=O)N[C@H]5N)CC[C@@]3(C)O)[C@@H]2O)CO[C@@H]2C#CC/C(=C\CC1)CCSSC2. The van der Waals surface area contributed by atoms with Crippen LogP contribution in [-0.2, 0) is 20.7 Å². The highest BCUT2D eigenvalue weighted by Gasteiger charge is 2.64. The van der Waals surface area contributed by atoms with Gasteiger partial charge in [-0.1, -0.05) is 99.2 Å². The monoisotopic (exact) mass is 859 g/mol. The first-order chi connectivity index (χ1) is 28.8. The van der Waals surface area contributed by atoms with Crippen molar-refractivity contribution >= 4 is 33.3 Å². The number of aliphatic hydroxyl groups is 4. The third-order valence-corrected chi connectivity index (χ3v) is 15.9. The van der Waals surface area contributed by atoms with Crippen LogP contribution in [0.4, 0.5) is 0 Å². The lowest BCUT2D eigenvalue weighted by molar-refractivity contribution is -0.168. The Labute approximate surface area is 364 Å². The van der Waals surface area contributed by atoms with E-state index in [1.807, 2.05) is 61.1 Å². The summed E-state index contributed by atoms with van der Waals surface area (Å²) in [5.74, 6) is 7.40. The molecule has 0 radical (unpaired) electrons. The maximum Gasteiger partial charge on any atom is 0.243 e. The highest BCUT2D eigenvalue weighted by Crippen LogP contribution is 2.63. The van der Waals surface area contributed by atoms with Crippen LogP contribution >= 0.6 is 21.6 Å². The molecule has 0 unspecified atom stereocenters. The van der Waals surface area contributed by atoms with E-state index in [2.05, 4.69) is 35.1 Å². The van der Waals surface area contributed by atoms with Crippen LogP contribution in [0.5, 0.6) is 0 Å². The molecule has 1 aromatic carbocycles. The van der Waals surface area contributed by atoms with Crippen LogP contribution in [0.15, 0.2) is 76.9 Å². The summed E-state index contributed by atoms with van der Waals surface area (Å²) in [6.07, 6.45) is 12.2. The number of rotatable bonds is 10. The van der Waals surface area contributed by atoms with Gasteiger partial charge in [-0.25, -0.2) is 0 Å². The maximum atomic E-state index is 14.5. The largest absolute Gasteiger partial charge is 0.396 e. The van der Waals surface area contributed by atoms with Crippen LogP contribution in [0.25, 0.3) is 0 Å². The fourth-order valence-electron chi connectivity index (χ4n) is 10.2. The van der Waals surface area contributed by atoms with Crippen molar-refractivity contribution in [3.05, 3.63) is 93.6 Å². The minimum atomic E-state index is -1.26. The van der Waals surface area contributed by atoms with Crippen LogP contribution in [-0.4, -0.2) is 87.3 Å². The van der Waals surface area contributed by atoms with Crippen molar-refractivity contribution in [3.8, 4) is 11.8 Å². The van der Waals surface area contributed by atoms with Crippen molar-refractivity contribution in [3.63, 3.8) is 0 Å². The van der Waals surface area contributed by atoms with Crippen molar-refractivity contribution in [2.45, 2.75) is 128 Å². The van der Waals surface area contributed by atoms with Gasteiger partial charge in [0.25, 0.3) is 0 Å². The van der Waals surface area contributed by atoms with Crippen LogP contribution in [0.3, 0.4) is 0 Å². The van der Waals surface area contributed by atoms with Gasteiger partial charge in [0.1, 0.15) is 18.3 Å². The molecule has 0 saturated heterocycles. The van der Waals surface area contributed by atoms with E-state index in [4.69, 9.17) is 10.5 Å². The Morgan fingerprint density at radius 1 is 1.22 bits per heavy atom. The van der Waals surface area contributed by atoms with E-state index in [0.717, 1.165) is 53.9 Å². The predicted molar refractivity (Wildman–Crippen MR) is 242 cm³/mol. The van der Waals surface area contributed by atoms with E-state index in [1.165, 1.54) is 5.57 Å². The Bertz CT molecular complexity index is 1940. The number of allylic oxidation sites excluding steroid dienone is 8. The number of carbonyl (C=O) groups excluding carboxylic acids is 2. The molecule has 9 atom stereocenters. The zero-order chi connectivity index (χ0) is 43.0. The summed E-state index contributed by atoms with van der Waals surface area (Å²) >= 11 is 0. The molecule has 8 N–H and O–H groups in total. The van der Waals surface area contributed by atoms with Gasteiger partial charge in [0.15, 0.2) is 5.78 Å². The molecule has 10 nitrogen and oxygen atoms in total. The standard InChI is InChI=1S/C48H65N3O7S2/c1-30-10-5-12-33-13-7-16-36(29-60-59-25-21-33)58-28-35(15-6-11-30)38-20-23-48(44(38)55)40(18-9-24-52)37(19-22-47(48,4)57)32(3)41(54)26-34-14-8-17-39-42(34)43(50-27-31(2)53)46(56)51-45(39)49/h6,8,11-12,14-15,17,31,36,38,40,43-45,50,52-53,55,57H,1,5,9-10,13,18-29,49H2,2-4H3,(H,51,56)/b11-6+,33-12+,35-15-,37-32+/t31-,36+,38+,40+,43-,44+,45+,47+,48+/m0/s1. The first kappa shape index (κ1) is 46.5. The molecule has 1 amide bonds. The summed E-state index contributed by atoms with van der Waals surface area (Å²) in [5.41, 5.74) is 10.9. The van der Waals surface area contributed by atoms with Crippen LogP contribution in [0, 0.1) is 29.1 Å². The molecule has 2 fully saturated rings. The average Bonchev–Trinajstić information content (AvgIpc) is 3.55. The van der Waals surface area contributed by atoms with Gasteiger partial charge in [-0.3, -0.25) is 14.9 Å². The molecule has 5 aliphatic rings. The van der Waals surface area contributed by atoms with Gasteiger partial charge >= 0.3 is 0 Å². The van der Waals surface area contributed by atoms with Crippen molar-refractivity contribution in [1.82, 2.24) is 10.6 Å². The number of nitrogens with two attached hydrogens (primary N) is 1. The summed E-state index contributed by atoms with van der Waals surface area (Å²) in [6, 6.07) is 4.75. The van der Waals surface area contributed by atoms with Gasteiger partial charge in [0, 0.05) is 48.8 Å². The molecule has 3 heterocycles. The minimum absolute atomic E-state index is 0.0206. The lowest BCUT2D eigenvalue weighted by Gasteiger charge is -2.55. The summed E-state index contributed by atoms with van der Waals surface area (Å²) < 4.78 is 6.57.